The van der Waals surface area contributed by atoms with Gasteiger partial charge in [-0.05, 0) is 35.9 Å². The summed E-state index contributed by atoms with van der Waals surface area (Å²) in [6, 6.07) is 10.3. The van der Waals surface area contributed by atoms with Gasteiger partial charge < -0.3 is 19.5 Å². The molecule has 0 unspecified atom stereocenters. The summed E-state index contributed by atoms with van der Waals surface area (Å²) in [5.41, 5.74) is 0.930. The molecule has 1 amide bonds. The van der Waals surface area contributed by atoms with Crippen LogP contribution in [0, 0.1) is 0 Å². The van der Waals surface area contributed by atoms with Gasteiger partial charge in [0.1, 0.15) is 17.2 Å². The summed E-state index contributed by atoms with van der Waals surface area (Å²) in [7, 11) is 1.54. The predicted octanol–water partition coefficient (Wildman–Crippen LogP) is 4.23. The quantitative estimate of drug-likeness (QED) is 0.507. The van der Waals surface area contributed by atoms with E-state index in [-0.39, 0.29) is 17.9 Å². The largest absolute Gasteiger partial charge is 0.497 e. The van der Waals surface area contributed by atoms with E-state index in [0.717, 1.165) is 23.8 Å². The predicted molar refractivity (Wildman–Crippen MR) is 93.6 cm³/mol. The lowest BCUT2D eigenvalue weighted by Crippen LogP contribution is -2.20. The van der Waals surface area contributed by atoms with Crippen LogP contribution in [0.5, 0.6) is 17.2 Å². The first-order valence-corrected chi connectivity index (χ1v) is 8.00. The Hall–Kier alpha value is -3.23. The summed E-state index contributed by atoms with van der Waals surface area (Å²) in [6.45, 7) is -6.03. The van der Waals surface area contributed by atoms with Crippen molar-refractivity contribution in [1.29, 1.82) is 0 Å². The van der Waals surface area contributed by atoms with E-state index in [9.17, 15) is 22.4 Å². The first-order valence-electron chi connectivity index (χ1n) is 8.00. The minimum absolute atomic E-state index is 0.0986. The lowest BCUT2D eigenvalue weighted by Gasteiger charge is -2.11. The van der Waals surface area contributed by atoms with Crippen LogP contribution in [0.3, 0.4) is 0 Å². The van der Waals surface area contributed by atoms with Crippen molar-refractivity contribution in [2.45, 2.75) is 19.8 Å². The molecule has 0 aliphatic rings. The van der Waals surface area contributed by atoms with E-state index in [2.05, 4.69) is 14.8 Å². The number of methoxy groups -OCH3 is 1. The molecule has 0 heterocycles. The highest BCUT2D eigenvalue weighted by atomic mass is 19.3. The molecule has 1 N–H and O–H groups in total. The summed E-state index contributed by atoms with van der Waals surface area (Å²) in [6.07, 6.45) is 2.35. The van der Waals surface area contributed by atoms with Gasteiger partial charge in [0, 0.05) is 24.3 Å². The van der Waals surface area contributed by atoms with Crippen LogP contribution in [-0.4, -0.2) is 26.2 Å². The fourth-order valence-corrected chi connectivity index (χ4v) is 2.18. The smallest absolute Gasteiger partial charge is 0.387 e. The maximum Gasteiger partial charge on any atom is 0.387 e. The van der Waals surface area contributed by atoms with Gasteiger partial charge in [-0.15, -0.1) is 0 Å². The van der Waals surface area contributed by atoms with E-state index in [1.165, 1.54) is 12.1 Å². The van der Waals surface area contributed by atoms with Gasteiger partial charge in [0.15, 0.2) is 0 Å². The summed E-state index contributed by atoms with van der Waals surface area (Å²) >= 11 is 0. The Kier molecular flexibility index (Phi) is 7.67. The van der Waals surface area contributed by atoms with Crippen molar-refractivity contribution in [3.63, 3.8) is 0 Å². The number of alkyl halides is 4. The van der Waals surface area contributed by atoms with Gasteiger partial charge in [-0.25, -0.2) is 0 Å². The SMILES string of the molecule is COc1ccc(CNC(=O)/C=C/c2ccc(OC(F)F)cc2OC(F)F)cc1. The molecule has 0 saturated carbocycles. The van der Waals surface area contributed by atoms with Gasteiger partial charge in [0.05, 0.1) is 7.11 Å². The van der Waals surface area contributed by atoms with Crippen molar-refractivity contribution in [3.05, 3.63) is 59.7 Å². The monoisotopic (exact) mass is 399 g/mol. The van der Waals surface area contributed by atoms with Crippen LogP contribution < -0.4 is 19.5 Å². The summed E-state index contributed by atoms with van der Waals surface area (Å²) in [5.74, 6) is -0.536. The molecule has 9 heteroatoms. The second-order valence-electron chi connectivity index (χ2n) is 5.36. The molecule has 28 heavy (non-hydrogen) atoms. The first-order chi connectivity index (χ1) is 13.4. The van der Waals surface area contributed by atoms with Crippen LogP contribution in [0.15, 0.2) is 48.5 Å². The van der Waals surface area contributed by atoms with Crippen LogP contribution in [-0.2, 0) is 11.3 Å². The zero-order valence-electron chi connectivity index (χ0n) is 14.7. The molecule has 150 valence electrons. The molecular formula is C19H17F4NO4. The minimum atomic E-state index is -3.17. The van der Waals surface area contributed by atoms with Crippen molar-refractivity contribution < 1.29 is 36.6 Å². The second-order valence-corrected chi connectivity index (χ2v) is 5.36. The van der Waals surface area contributed by atoms with E-state index >= 15 is 0 Å². The lowest BCUT2D eigenvalue weighted by atomic mass is 10.1. The molecule has 0 fully saturated rings. The van der Waals surface area contributed by atoms with Crippen LogP contribution in [0.2, 0.25) is 0 Å². The Balaban J connectivity index is 2.02. The highest BCUT2D eigenvalue weighted by Crippen LogP contribution is 2.28. The fraction of sp³-hybridized carbons (Fsp3) is 0.211. The number of nitrogens with one attached hydrogen (secondary N) is 1. The Morgan fingerprint density at radius 2 is 1.64 bits per heavy atom. The number of carbonyl (C=O) groups is 1. The lowest BCUT2D eigenvalue weighted by molar-refractivity contribution is -0.116. The first kappa shape index (κ1) is 21.1. The molecule has 0 saturated heterocycles. The Bertz CT molecular complexity index is 810. The third kappa shape index (κ3) is 6.82. The van der Waals surface area contributed by atoms with Crippen LogP contribution >= 0.6 is 0 Å². The van der Waals surface area contributed by atoms with Crippen LogP contribution in [0.25, 0.3) is 6.08 Å². The third-order valence-electron chi connectivity index (χ3n) is 3.47. The summed E-state index contributed by atoms with van der Waals surface area (Å²) in [5, 5.41) is 2.63. The molecule has 0 aromatic heterocycles. The molecule has 0 aliphatic carbocycles. The Morgan fingerprint density at radius 1 is 1.00 bits per heavy atom. The van der Waals surface area contributed by atoms with Gasteiger partial charge in [0.2, 0.25) is 5.91 Å². The van der Waals surface area contributed by atoms with Gasteiger partial charge in [-0.3, -0.25) is 4.79 Å². The molecule has 0 atom stereocenters. The van der Waals surface area contributed by atoms with Crippen LogP contribution in [0.4, 0.5) is 17.6 Å². The van der Waals surface area contributed by atoms with E-state index in [4.69, 9.17) is 4.74 Å². The normalized spacial score (nSPS) is 11.1. The number of benzene rings is 2. The Labute approximate surface area is 158 Å². The number of hydrogen-bond acceptors (Lipinski definition) is 4. The molecule has 2 aromatic rings. The highest BCUT2D eigenvalue weighted by molar-refractivity contribution is 5.92. The van der Waals surface area contributed by atoms with Crippen molar-refractivity contribution in [1.82, 2.24) is 5.32 Å². The zero-order valence-corrected chi connectivity index (χ0v) is 14.7. The van der Waals surface area contributed by atoms with E-state index in [1.807, 2.05) is 0 Å². The van der Waals surface area contributed by atoms with Gasteiger partial charge >= 0.3 is 13.2 Å². The topological polar surface area (TPSA) is 56.8 Å². The minimum Gasteiger partial charge on any atom is -0.497 e. The van der Waals surface area contributed by atoms with Gasteiger partial charge in [-0.1, -0.05) is 12.1 Å². The average molecular weight is 399 g/mol. The fourth-order valence-electron chi connectivity index (χ4n) is 2.18. The van der Waals surface area contributed by atoms with E-state index in [0.29, 0.717) is 5.75 Å². The van der Waals surface area contributed by atoms with Crippen LogP contribution in [0.1, 0.15) is 11.1 Å². The van der Waals surface area contributed by atoms with Crippen molar-refractivity contribution in [2.24, 2.45) is 0 Å². The van der Waals surface area contributed by atoms with Crippen molar-refractivity contribution in [3.8, 4) is 17.2 Å². The molecule has 0 spiro atoms. The number of carbonyl (C=O) groups excluding carboxylic acids is 1. The number of ether oxygens (including phenoxy) is 3. The molecule has 0 bridgehead atoms. The maximum absolute atomic E-state index is 12.5. The average Bonchev–Trinajstić information content (AvgIpc) is 2.65. The maximum atomic E-state index is 12.5. The van der Waals surface area contributed by atoms with Crippen molar-refractivity contribution >= 4 is 12.0 Å². The van der Waals surface area contributed by atoms with Gasteiger partial charge in [-0.2, -0.15) is 17.6 Å². The molecule has 0 aliphatic heterocycles. The molecule has 0 radical (unpaired) electrons. The summed E-state index contributed by atoms with van der Waals surface area (Å²) < 4.78 is 63.1. The van der Waals surface area contributed by atoms with E-state index < -0.39 is 24.9 Å². The highest BCUT2D eigenvalue weighted by Gasteiger charge is 2.12. The number of hydrogen-bond donors (Lipinski definition) is 1. The zero-order chi connectivity index (χ0) is 20.5. The summed E-state index contributed by atoms with van der Waals surface area (Å²) in [4.78, 5) is 11.9. The molecular weight excluding hydrogens is 382 g/mol. The number of amides is 1. The molecule has 2 rings (SSSR count). The van der Waals surface area contributed by atoms with E-state index in [1.54, 1.807) is 31.4 Å². The second kappa shape index (κ2) is 10.2. The molecule has 5 nitrogen and oxygen atoms in total. The van der Waals surface area contributed by atoms with Crippen molar-refractivity contribution in [2.75, 3.05) is 7.11 Å². The standard InChI is InChI=1S/C19H17F4NO4/c1-26-14-6-2-12(3-7-14)11-24-17(25)9-5-13-4-8-15(27-18(20)21)10-16(13)28-19(22)23/h2-10,18-19H,11H2,1H3,(H,24,25)/b9-5+. The molecule has 2 aromatic carbocycles. The third-order valence-corrected chi connectivity index (χ3v) is 3.47. The number of halogens is 4. The number of rotatable bonds is 9. The van der Waals surface area contributed by atoms with Gasteiger partial charge in [0.25, 0.3) is 0 Å². The Morgan fingerprint density at radius 3 is 2.25 bits per heavy atom.